The Labute approximate surface area is 126 Å². The Balaban J connectivity index is 1.68. The third-order valence-electron chi connectivity index (χ3n) is 4.25. The van der Waals surface area contributed by atoms with Crippen LogP contribution in [0.15, 0.2) is 18.6 Å². The molecule has 0 bridgehead atoms. The standard InChI is InChI=1S/C16H25N5/c1-2-8-17-14-12-21-11-10-19-16(21)15(20-14)18-9-7-13-5-3-4-6-13/h10-13,17H,2-9H2,1H3,(H,18,20). The third-order valence-corrected chi connectivity index (χ3v) is 4.25. The lowest BCUT2D eigenvalue weighted by atomic mass is 10.0. The van der Waals surface area contributed by atoms with Crippen molar-refractivity contribution in [1.82, 2.24) is 14.4 Å². The highest BCUT2D eigenvalue weighted by atomic mass is 15.1. The summed E-state index contributed by atoms with van der Waals surface area (Å²) in [6, 6.07) is 0. The van der Waals surface area contributed by atoms with Gasteiger partial charge in [-0.3, -0.25) is 0 Å². The average Bonchev–Trinajstić information content (AvgIpc) is 3.15. The summed E-state index contributed by atoms with van der Waals surface area (Å²) in [6.45, 7) is 4.08. The molecular weight excluding hydrogens is 262 g/mol. The van der Waals surface area contributed by atoms with Gasteiger partial charge >= 0.3 is 0 Å². The van der Waals surface area contributed by atoms with E-state index in [9.17, 15) is 0 Å². The van der Waals surface area contributed by atoms with E-state index >= 15 is 0 Å². The quantitative estimate of drug-likeness (QED) is 0.818. The van der Waals surface area contributed by atoms with E-state index in [0.29, 0.717) is 0 Å². The Hall–Kier alpha value is -1.78. The van der Waals surface area contributed by atoms with Gasteiger partial charge < -0.3 is 15.0 Å². The minimum absolute atomic E-state index is 0.888. The second kappa shape index (κ2) is 6.78. The topological polar surface area (TPSA) is 54.2 Å². The van der Waals surface area contributed by atoms with Gasteiger partial charge in [-0.05, 0) is 18.8 Å². The Morgan fingerprint density at radius 3 is 2.90 bits per heavy atom. The molecule has 0 saturated heterocycles. The molecule has 21 heavy (non-hydrogen) atoms. The molecule has 0 aliphatic heterocycles. The van der Waals surface area contributed by atoms with E-state index in [-0.39, 0.29) is 0 Å². The smallest absolute Gasteiger partial charge is 0.180 e. The maximum Gasteiger partial charge on any atom is 0.180 e. The van der Waals surface area contributed by atoms with Crippen LogP contribution in [0.1, 0.15) is 45.4 Å². The summed E-state index contributed by atoms with van der Waals surface area (Å²) >= 11 is 0. The van der Waals surface area contributed by atoms with E-state index in [2.05, 4.69) is 27.5 Å². The summed E-state index contributed by atoms with van der Waals surface area (Å²) in [5.41, 5.74) is 0.906. The minimum atomic E-state index is 0.888. The number of nitrogens with one attached hydrogen (secondary N) is 2. The highest BCUT2D eigenvalue weighted by Crippen LogP contribution is 2.27. The highest BCUT2D eigenvalue weighted by Gasteiger charge is 2.15. The molecule has 5 nitrogen and oxygen atoms in total. The van der Waals surface area contributed by atoms with Crippen LogP contribution in [-0.4, -0.2) is 27.5 Å². The molecule has 0 amide bonds. The van der Waals surface area contributed by atoms with E-state index in [1.165, 1.54) is 32.1 Å². The molecule has 0 aromatic carbocycles. The molecule has 0 atom stereocenters. The summed E-state index contributed by atoms with van der Waals surface area (Å²) in [5, 5.41) is 6.83. The van der Waals surface area contributed by atoms with Crippen molar-refractivity contribution in [2.45, 2.75) is 45.4 Å². The van der Waals surface area contributed by atoms with Crippen molar-refractivity contribution < 1.29 is 0 Å². The predicted octanol–water partition coefficient (Wildman–Crippen LogP) is 3.54. The fourth-order valence-electron chi connectivity index (χ4n) is 3.08. The van der Waals surface area contributed by atoms with Crippen LogP contribution in [0.5, 0.6) is 0 Å². The number of aromatic nitrogens is 3. The van der Waals surface area contributed by atoms with Gasteiger partial charge in [-0.1, -0.05) is 32.6 Å². The molecule has 1 fully saturated rings. The van der Waals surface area contributed by atoms with Crippen molar-refractivity contribution in [2.24, 2.45) is 5.92 Å². The molecule has 114 valence electrons. The SMILES string of the molecule is CCCNc1cn2ccnc2c(NCCC2CCCC2)n1. The van der Waals surface area contributed by atoms with Crippen molar-refractivity contribution in [1.29, 1.82) is 0 Å². The zero-order chi connectivity index (χ0) is 14.5. The van der Waals surface area contributed by atoms with Crippen LogP contribution >= 0.6 is 0 Å². The molecule has 2 aromatic rings. The number of nitrogens with zero attached hydrogens (tertiary/aromatic N) is 3. The summed E-state index contributed by atoms with van der Waals surface area (Å²) in [7, 11) is 0. The van der Waals surface area contributed by atoms with E-state index < -0.39 is 0 Å². The van der Waals surface area contributed by atoms with Gasteiger partial charge in [-0.2, -0.15) is 0 Å². The van der Waals surface area contributed by atoms with Gasteiger partial charge in [0, 0.05) is 25.5 Å². The third kappa shape index (κ3) is 3.46. The van der Waals surface area contributed by atoms with Gasteiger partial charge in [0.05, 0.1) is 6.20 Å². The summed E-state index contributed by atoms with van der Waals surface area (Å²) in [6.07, 6.45) is 13.7. The molecule has 2 heterocycles. The van der Waals surface area contributed by atoms with Gasteiger partial charge in [0.25, 0.3) is 0 Å². The highest BCUT2D eigenvalue weighted by molar-refractivity contribution is 5.65. The van der Waals surface area contributed by atoms with Crippen LogP contribution in [0.4, 0.5) is 11.6 Å². The molecule has 1 aliphatic rings. The second-order valence-electron chi connectivity index (χ2n) is 5.93. The van der Waals surface area contributed by atoms with E-state index in [0.717, 1.165) is 42.7 Å². The fraction of sp³-hybridized carbons (Fsp3) is 0.625. The number of anilines is 2. The first kappa shape index (κ1) is 14.2. The first-order valence-electron chi connectivity index (χ1n) is 8.18. The zero-order valence-electron chi connectivity index (χ0n) is 12.8. The van der Waals surface area contributed by atoms with E-state index in [1.807, 2.05) is 23.0 Å². The molecule has 0 unspecified atom stereocenters. The minimum Gasteiger partial charge on any atom is -0.369 e. The van der Waals surface area contributed by atoms with Crippen molar-refractivity contribution in [3.63, 3.8) is 0 Å². The monoisotopic (exact) mass is 287 g/mol. The lowest BCUT2D eigenvalue weighted by Gasteiger charge is -2.12. The summed E-state index contributed by atoms with van der Waals surface area (Å²) in [5.74, 6) is 2.69. The zero-order valence-corrected chi connectivity index (χ0v) is 12.8. The Kier molecular flexibility index (Phi) is 4.58. The van der Waals surface area contributed by atoms with Crippen molar-refractivity contribution in [3.8, 4) is 0 Å². The maximum absolute atomic E-state index is 4.67. The van der Waals surface area contributed by atoms with Crippen molar-refractivity contribution in [2.75, 3.05) is 23.7 Å². The Morgan fingerprint density at radius 2 is 2.10 bits per heavy atom. The lowest BCUT2D eigenvalue weighted by molar-refractivity contribution is 0.518. The Bertz CT molecular complexity index is 571. The molecule has 0 spiro atoms. The number of hydrogen-bond acceptors (Lipinski definition) is 4. The summed E-state index contributed by atoms with van der Waals surface area (Å²) in [4.78, 5) is 9.07. The predicted molar refractivity (Wildman–Crippen MR) is 86.8 cm³/mol. The number of hydrogen-bond donors (Lipinski definition) is 2. The van der Waals surface area contributed by atoms with Gasteiger partial charge in [-0.15, -0.1) is 0 Å². The summed E-state index contributed by atoms with van der Waals surface area (Å²) < 4.78 is 2.03. The molecule has 2 N–H and O–H groups in total. The normalized spacial score (nSPS) is 15.7. The number of imidazole rings is 1. The van der Waals surface area contributed by atoms with Crippen LogP contribution in [-0.2, 0) is 0 Å². The lowest BCUT2D eigenvalue weighted by Crippen LogP contribution is -2.11. The van der Waals surface area contributed by atoms with Crippen LogP contribution < -0.4 is 10.6 Å². The molecule has 0 radical (unpaired) electrons. The van der Waals surface area contributed by atoms with E-state index in [4.69, 9.17) is 0 Å². The molecular formula is C16H25N5. The van der Waals surface area contributed by atoms with E-state index in [1.54, 1.807) is 0 Å². The molecule has 1 saturated carbocycles. The van der Waals surface area contributed by atoms with Crippen molar-refractivity contribution >= 4 is 17.3 Å². The molecule has 5 heteroatoms. The molecule has 3 rings (SSSR count). The first-order valence-corrected chi connectivity index (χ1v) is 8.18. The van der Waals surface area contributed by atoms with Crippen LogP contribution in [0, 0.1) is 5.92 Å². The average molecular weight is 287 g/mol. The van der Waals surface area contributed by atoms with Gasteiger partial charge in [-0.25, -0.2) is 9.97 Å². The van der Waals surface area contributed by atoms with Crippen LogP contribution in [0.3, 0.4) is 0 Å². The second-order valence-corrected chi connectivity index (χ2v) is 5.93. The van der Waals surface area contributed by atoms with Gasteiger partial charge in [0.1, 0.15) is 5.82 Å². The number of fused-ring (bicyclic) bond motifs is 1. The Morgan fingerprint density at radius 1 is 1.24 bits per heavy atom. The van der Waals surface area contributed by atoms with Crippen LogP contribution in [0.25, 0.3) is 5.65 Å². The largest absolute Gasteiger partial charge is 0.369 e. The fourth-order valence-corrected chi connectivity index (χ4v) is 3.08. The number of rotatable bonds is 7. The molecule has 2 aromatic heterocycles. The maximum atomic E-state index is 4.67. The van der Waals surface area contributed by atoms with Gasteiger partial charge in [0.15, 0.2) is 11.5 Å². The van der Waals surface area contributed by atoms with Gasteiger partial charge in [0.2, 0.25) is 0 Å². The van der Waals surface area contributed by atoms with Crippen molar-refractivity contribution in [3.05, 3.63) is 18.6 Å². The first-order chi connectivity index (χ1) is 10.4. The molecule has 1 aliphatic carbocycles. The van der Waals surface area contributed by atoms with Crippen LogP contribution in [0.2, 0.25) is 0 Å².